The summed E-state index contributed by atoms with van der Waals surface area (Å²) < 4.78 is 14.9. The lowest BCUT2D eigenvalue weighted by molar-refractivity contribution is -0.157. The predicted molar refractivity (Wildman–Crippen MR) is 81.5 cm³/mol. The van der Waals surface area contributed by atoms with E-state index >= 15 is 0 Å². The molecule has 0 aromatic heterocycles. The Hall–Kier alpha value is -2.16. The summed E-state index contributed by atoms with van der Waals surface area (Å²) in [5, 5.41) is 2.40. The molecule has 24 heavy (non-hydrogen) atoms. The fraction of sp³-hybridized carbons (Fsp3) is 0.733. The lowest BCUT2D eigenvalue weighted by Crippen LogP contribution is -2.54. The highest BCUT2D eigenvalue weighted by Crippen LogP contribution is 2.16. The SMILES string of the molecule is CCOC(=O)C[C@H](C(=O)OCC)[C@H](NC(=O)[C@@H]1CCCO1)C(N)=O. The molecular formula is C15H24N2O7. The summed E-state index contributed by atoms with van der Waals surface area (Å²) in [6, 6.07) is -1.38. The van der Waals surface area contributed by atoms with Crippen LogP contribution in [0.1, 0.15) is 33.1 Å². The highest BCUT2D eigenvalue weighted by molar-refractivity contribution is 5.93. The predicted octanol–water partition coefficient (Wildman–Crippen LogP) is -0.732. The van der Waals surface area contributed by atoms with Crippen LogP contribution in [0.4, 0.5) is 0 Å². The number of nitrogens with two attached hydrogens (primary N) is 1. The van der Waals surface area contributed by atoms with E-state index in [9.17, 15) is 19.2 Å². The van der Waals surface area contributed by atoms with Gasteiger partial charge in [-0.05, 0) is 26.7 Å². The van der Waals surface area contributed by atoms with E-state index in [4.69, 9.17) is 19.9 Å². The van der Waals surface area contributed by atoms with Gasteiger partial charge in [-0.15, -0.1) is 0 Å². The second-order valence-corrected chi connectivity index (χ2v) is 5.26. The molecule has 0 spiro atoms. The second kappa shape index (κ2) is 9.86. The molecule has 1 saturated heterocycles. The number of primary amides is 1. The van der Waals surface area contributed by atoms with Crippen molar-refractivity contribution in [1.29, 1.82) is 0 Å². The molecule has 9 heteroatoms. The van der Waals surface area contributed by atoms with Crippen LogP contribution in [0.5, 0.6) is 0 Å². The molecule has 136 valence electrons. The summed E-state index contributed by atoms with van der Waals surface area (Å²) in [5.74, 6) is -4.24. The summed E-state index contributed by atoms with van der Waals surface area (Å²) in [5.41, 5.74) is 5.31. The van der Waals surface area contributed by atoms with Crippen molar-refractivity contribution in [2.75, 3.05) is 19.8 Å². The van der Waals surface area contributed by atoms with Gasteiger partial charge < -0.3 is 25.3 Å². The van der Waals surface area contributed by atoms with Crippen molar-refractivity contribution < 1.29 is 33.4 Å². The molecule has 0 aliphatic carbocycles. The Morgan fingerprint density at radius 1 is 1.21 bits per heavy atom. The van der Waals surface area contributed by atoms with E-state index in [-0.39, 0.29) is 13.2 Å². The Bertz CT molecular complexity index is 474. The maximum Gasteiger partial charge on any atom is 0.312 e. The normalized spacial score (nSPS) is 19.2. The summed E-state index contributed by atoms with van der Waals surface area (Å²) in [7, 11) is 0. The molecule has 0 radical (unpaired) electrons. The molecule has 0 aromatic carbocycles. The second-order valence-electron chi connectivity index (χ2n) is 5.26. The van der Waals surface area contributed by atoms with Crippen molar-refractivity contribution in [2.45, 2.75) is 45.3 Å². The van der Waals surface area contributed by atoms with Gasteiger partial charge in [-0.1, -0.05) is 0 Å². The highest BCUT2D eigenvalue weighted by atomic mass is 16.5. The minimum Gasteiger partial charge on any atom is -0.466 e. The van der Waals surface area contributed by atoms with Gasteiger partial charge in [0.2, 0.25) is 11.8 Å². The standard InChI is InChI=1S/C15H24N2O7/c1-3-22-11(18)8-9(15(21)23-4-2)12(13(16)19)17-14(20)10-6-5-7-24-10/h9-10,12H,3-8H2,1-2H3,(H2,16,19)(H,17,20)/t9-,10-,12-/m0/s1. The first-order valence-corrected chi connectivity index (χ1v) is 7.94. The number of ether oxygens (including phenoxy) is 3. The number of carbonyl (C=O) groups is 4. The largest absolute Gasteiger partial charge is 0.466 e. The lowest BCUT2D eigenvalue weighted by Gasteiger charge is -2.24. The first kappa shape index (κ1) is 19.9. The van der Waals surface area contributed by atoms with Crippen LogP contribution in [0.3, 0.4) is 0 Å². The minimum absolute atomic E-state index is 0.0589. The Morgan fingerprint density at radius 2 is 1.88 bits per heavy atom. The van der Waals surface area contributed by atoms with Crippen LogP contribution < -0.4 is 11.1 Å². The molecule has 1 aliphatic heterocycles. The summed E-state index contributed by atoms with van der Waals surface area (Å²) in [4.78, 5) is 47.7. The summed E-state index contributed by atoms with van der Waals surface area (Å²) >= 11 is 0. The molecular weight excluding hydrogens is 320 g/mol. The van der Waals surface area contributed by atoms with Crippen molar-refractivity contribution in [3.8, 4) is 0 Å². The third-order valence-corrected chi connectivity index (χ3v) is 3.51. The van der Waals surface area contributed by atoms with Crippen molar-refractivity contribution in [3.05, 3.63) is 0 Å². The van der Waals surface area contributed by atoms with Crippen LogP contribution in [0.25, 0.3) is 0 Å². The monoisotopic (exact) mass is 344 g/mol. The van der Waals surface area contributed by atoms with E-state index < -0.39 is 48.2 Å². The van der Waals surface area contributed by atoms with Crippen LogP contribution in [0, 0.1) is 5.92 Å². The Kier molecular flexibility index (Phi) is 8.17. The summed E-state index contributed by atoms with van der Waals surface area (Å²) in [6.45, 7) is 3.83. The molecule has 0 saturated carbocycles. The Morgan fingerprint density at radius 3 is 2.38 bits per heavy atom. The van der Waals surface area contributed by atoms with Crippen LogP contribution in [0.2, 0.25) is 0 Å². The van der Waals surface area contributed by atoms with E-state index in [0.29, 0.717) is 13.0 Å². The van der Waals surface area contributed by atoms with Gasteiger partial charge in [-0.3, -0.25) is 19.2 Å². The number of hydrogen-bond donors (Lipinski definition) is 2. The zero-order chi connectivity index (χ0) is 18.1. The molecule has 9 nitrogen and oxygen atoms in total. The molecule has 0 aromatic rings. The fourth-order valence-corrected chi connectivity index (χ4v) is 2.39. The van der Waals surface area contributed by atoms with Crippen LogP contribution >= 0.6 is 0 Å². The zero-order valence-corrected chi connectivity index (χ0v) is 13.9. The minimum atomic E-state index is -1.38. The van der Waals surface area contributed by atoms with E-state index in [1.54, 1.807) is 13.8 Å². The lowest BCUT2D eigenvalue weighted by atomic mass is 9.95. The average Bonchev–Trinajstić information content (AvgIpc) is 3.05. The third kappa shape index (κ3) is 5.80. The van der Waals surface area contributed by atoms with Gasteiger partial charge in [-0.25, -0.2) is 0 Å². The van der Waals surface area contributed by atoms with Crippen LogP contribution in [0.15, 0.2) is 0 Å². The van der Waals surface area contributed by atoms with Gasteiger partial charge >= 0.3 is 11.9 Å². The molecule has 0 bridgehead atoms. The molecule has 1 rings (SSSR count). The molecule has 3 N–H and O–H groups in total. The molecule has 2 amide bonds. The van der Waals surface area contributed by atoms with Crippen molar-refractivity contribution in [3.63, 3.8) is 0 Å². The van der Waals surface area contributed by atoms with E-state index in [1.807, 2.05) is 0 Å². The molecule has 1 heterocycles. The quantitative estimate of drug-likeness (QED) is 0.526. The van der Waals surface area contributed by atoms with Gasteiger partial charge in [0, 0.05) is 6.61 Å². The van der Waals surface area contributed by atoms with Gasteiger partial charge in [0.25, 0.3) is 0 Å². The van der Waals surface area contributed by atoms with Crippen molar-refractivity contribution >= 4 is 23.8 Å². The Labute approximate surface area is 140 Å². The number of rotatable bonds is 9. The van der Waals surface area contributed by atoms with Gasteiger partial charge in [0.1, 0.15) is 12.1 Å². The smallest absolute Gasteiger partial charge is 0.312 e. The van der Waals surface area contributed by atoms with Gasteiger partial charge in [0.15, 0.2) is 0 Å². The van der Waals surface area contributed by atoms with Gasteiger partial charge in [0.05, 0.1) is 25.6 Å². The van der Waals surface area contributed by atoms with Crippen molar-refractivity contribution in [1.82, 2.24) is 5.32 Å². The first-order valence-electron chi connectivity index (χ1n) is 7.94. The summed E-state index contributed by atoms with van der Waals surface area (Å²) in [6.07, 6.45) is 0.117. The van der Waals surface area contributed by atoms with Gasteiger partial charge in [-0.2, -0.15) is 0 Å². The highest BCUT2D eigenvalue weighted by Gasteiger charge is 2.38. The van der Waals surface area contributed by atoms with E-state index in [0.717, 1.165) is 6.42 Å². The average molecular weight is 344 g/mol. The molecule has 3 atom stereocenters. The number of nitrogens with one attached hydrogen (secondary N) is 1. The topological polar surface area (TPSA) is 134 Å². The third-order valence-electron chi connectivity index (χ3n) is 3.51. The van der Waals surface area contributed by atoms with Crippen LogP contribution in [-0.4, -0.2) is 55.7 Å². The number of esters is 2. The Balaban J connectivity index is 2.89. The first-order chi connectivity index (χ1) is 11.4. The van der Waals surface area contributed by atoms with E-state index in [1.165, 1.54) is 0 Å². The molecule has 1 aliphatic rings. The number of amides is 2. The van der Waals surface area contributed by atoms with E-state index in [2.05, 4.69) is 5.32 Å². The maximum absolute atomic E-state index is 12.1. The fourth-order valence-electron chi connectivity index (χ4n) is 2.39. The van der Waals surface area contributed by atoms with Crippen LogP contribution in [-0.2, 0) is 33.4 Å². The number of hydrogen-bond acceptors (Lipinski definition) is 7. The maximum atomic E-state index is 12.1. The molecule has 0 unspecified atom stereocenters. The number of carbonyl (C=O) groups excluding carboxylic acids is 4. The van der Waals surface area contributed by atoms with Crippen molar-refractivity contribution in [2.24, 2.45) is 11.7 Å². The zero-order valence-electron chi connectivity index (χ0n) is 13.9. The molecule has 1 fully saturated rings.